The molecule has 0 saturated heterocycles. The van der Waals surface area contributed by atoms with Crippen LogP contribution in [0.5, 0.6) is 0 Å². The summed E-state index contributed by atoms with van der Waals surface area (Å²) in [5.74, 6) is -0.891. The second-order valence-electron chi connectivity index (χ2n) is 6.92. The van der Waals surface area contributed by atoms with Gasteiger partial charge >= 0.3 is 5.97 Å². The summed E-state index contributed by atoms with van der Waals surface area (Å²) in [6, 6.07) is 9.16. The van der Waals surface area contributed by atoms with Crippen LogP contribution in [0.3, 0.4) is 0 Å². The molecule has 3 N–H and O–H groups in total. The van der Waals surface area contributed by atoms with E-state index in [0.717, 1.165) is 5.56 Å². The molecule has 0 aromatic heterocycles. The Bertz CT molecular complexity index is 525. The Balaban J connectivity index is 2.26. The summed E-state index contributed by atoms with van der Waals surface area (Å²) in [5, 5.41) is 30.9. The number of benzene rings is 1. The van der Waals surface area contributed by atoms with Crippen LogP contribution < -0.4 is 0 Å². The molecule has 3 atom stereocenters. The van der Waals surface area contributed by atoms with Gasteiger partial charge in [0.25, 0.3) is 0 Å². The summed E-state index contributed by atoms with van der Waals surface area (Å²) in [6.07, 6.45) is 0.138. The molecular formula is C17H24O4. The Kier molecular flexibility index (Phi) is 3.89. The number of hydrogen-bond acceptors (Lipinski definition) is 3. The molecule has 4 nitrogen and oxygen atoms in total. The third kappa shape index (κ3) is 2.36. The third-order valence-electron chi connectivity index (χ3n) is 5.77. The molecule has 21 heavy (non-hydrogen) atoms. The Labute approximate surface area is 125 Å². The van der Waals surface area contributed by atoms with Crippen molar-refractivity contribution in [2.24, 2.45) is 10.8 Å². The summed E-state index contributed by atoms with van der Waals surface area (Å²) < 4.78 is 0. The van der Waals surface area contributed by atoms with Crippen LogP contribution in [-0.2, 0) is 4.79 Å². The molecule has 1 aromatic carbocycles. The molecular weight excluding hydrogens is 268 g/mol. The van der Waals surface area contributed by atoms with Crippen LogP contribution in [-0.4, -0.2) is 26.9 Å². The number of carbonyl (C=O) groups is 1. The van der Waals surface area contributed by atoms with Gasteiger partial charge in [0.2, 0.25) is 0 Å². The van der Waals surface area contributed by atoms with E-state index in [2.05, 4.69) is 0 Å². The molecule has 0 bridgehead atoms. The Morgan fingerprint density at radius 2 is 1.76 bits per heavy atom. The average Bonchev–Trinajstić information content (AvgIpc) is 2.61. The monoisotopic (exact) mass is 292 g/mol. The lowest BCUT2D eigenvalue weighted by molar-refractivity contribution is -0.164. The van der Waals surface area contributed by atoms with Crippen LogP contribution >= 0.6 is 0 Å². The molecule has 0 amide bonds. The summed E-state index contributed by atoms with van der Waals surface area (Å²) in [4.78, 5) is 11.6. The summed E-state index contributed by atoms with van der Waals surface area (Å²) in [6.45, 7) is 5.25. The lowest BCUT2D eigenvalue weighted by Gasteiger charge is -2.44. The fourth-order valence-electron chi connectivity index (χ4n) is 3.44. The van der Waals surface area contributed by atoms with Gasteiger partial charge in [-0.15, -0.1) is 0 Å². The molecule has 1 aromatic rings. The fourth-order valence-corrected chi connectivity index (χ4v) is 3.44. The zero-order chi connectivity index (χ0) is 15.9. The number of carboxylic acid groups (broad SMARTS) is 1. The highest BCUT2D eigenvalue weighted by Crippen LogP contribution is 2.60. The predicted molar refractivity (Wildman–Crippen MR) is 79.7 cm³/mol. The van der Waals surface area contributed by atoms with Crippen LogP contribution in [0.15, 0.2) is 30.3 Å². The standard InChI is InChI=1S/C17H24O4/c1-15(2)16(3,14(19)20)9-10-17(15,21)11-13(18)12-7-5-4-6-8-12/h4-8,13,18,21H,9-11H2,1-3H3,(H,19,20)/t13-,16-,17-/m1/s1. The van der Waals surface area contributed by atoms with Crippen molar-refractivity contribution >= 4 is 5.97 Å². The van der Waals surface area contributed by atoms with Gasteiger partial charge in [0.15, 0.2) is 0 Å². The molecule has 1 fully saturated rings. The fraction of sp³-hybridized carbons (Fsp3) is 0.588. The first-order valence-corrected chi connectivity index (χ1v) is 7.33. The lowest BCUT2D eigenvalue weighted by atomic mass is 9.62. The zero-order valence-corrected chi connectivity index (χ0v) is 12.8. The van der Waals surface area contributed by atoms with Crippen molar-refractivity contribution < 1.29 is 20.1 Å². The van der Waals surface area contributed by atoms with Gasteiger partial charge in [-0.25, -0.2) is 0 Å². The summed E-state index contributed by atoms with van der Waals surface area (Å²) in [5.41, 5.74) is -2.26. The van der Waals surface area contributed by atoms with E-state index >= 15 is 0 Å². The normalized spacial score (nSPS) is 32.8. The SMILES string of the molecule is CC1(C)[C@](O)(C[C@@H](O)c2ccccc2)CC[C@]1(C)C(=O)O. The van der Waals surface area contributed by atoms with Crippen molar-refractivity contribution in [2.45, 2.75) is 51.7 Å². The number of aliphatic hydroxyl groups is 2. The van der Waals surface area contributed by atoms with Crippen molar-refractivity contribution in [1.29, 1.82) is 0 Å². The van der Waals surface area contributed by atoms with Gasteiger partial charge in [0.05, 0.1) is 17.1 Å². The van der Waals surface area contributed by atoms with E-state index in [0.29, 0.717) is 12.8 Å². The first kappa shape index (κ1) is 16.0. The van der Waals surface area contributed by atoms with E-state index in [4.69, 9.17) is 0 Å². The van der Waals surface area contributed by atoms with Gasteiger partial charge in [-0.1, -0.05) is 44.2 Å². The lowest BCUT2D eigenvalue weighted by Crippen LogP contribution is -2.50. The Morgan fingerprint density at radius 3 is 2.24 bits per heavy atom. The first-order chi connectivity index (χ1) is 9.64. The first-order valence-electron chi connectivity index (χ1n) is 7.33. The van der Waals surface area contributed by atoms with Crippen molar-refractivity contribution in [1.82, 2.24) is 0 Å². The van der Waals surface area contributed by atoms with E-state index in [9.17, 15) is 20.1 Å². The highest BCUT2D eigenvalue weighted by atomic mass is 16.4. The second kappa shape index (κ2) is 5.11. The van der Waals surface area contributed by atoms with E-state index in [1.165, 1.54) is 0 Å². The number of aliphatic carboxylic acids is 1. The molecule has 0 unspecified atom stereocenters. The molecule has 1 saturated carbocycles. The van der Waals surface area contributed by atoms with Crippen LogP contribution in [0.4, 0.5) is 0 Å². The van der Waals surface area contributed by atoms with Gasteiger partial charge in [-0.3, -0.25) is 4.79 Å². The molecule has 0 spiro atoms. The maximum Gasteiger partial charge on any atom is 0.310 e. The quantitative estimate of drug-likeness (QED) is 0.797. The molecule has 1 aliphatic carbocycles. The van der Waals surface area contributed by atoms with Gasteiger partial charge in [0, 0.05) is 11.8 Å². The third-order valence-corrected chi connectivity index (χ3v) is 5.77. The summed E-state index contributed by atoms with van der Waals surface area (Å²) in [7, 11) is 0. The summed E-state index contributed by atoms with van der Waals surface area (Å²) >= 11 is 0. The minimum absolute atomic E-state index is 0.146. The largest absolute Gasteiger partial charge is 0.481 e. The second-order valence-corrected chi connectivity index (χ2v) is 6.92. The van der Waals surface area contributed by atoms with E-state index in [-0.39, 0.29) is 6.42 Å². The van der Waals surface area contributed by atoms with Crippen molar-refractivity contribution in [2.75, 3.05) is 0 Å². The van der Waals surface area contributed by atoms with E-state index < -0.39 is 28.5 Å². The Hall–Kier alpha value is -1.39. The molecule has 0 aliphatic heterocycles. The van der Waals surface area contributed by atoms with E-state index in [1.807, 2.05) is 30.3 Å². The smallest absolute Gasteiger partial charge is 0.310 e. The van der Waals surface area contributed by atoms with Crippen LogP contribution in [0.1, 0.15) is 51.7 Å². The molecule has 4 heteroatoms. The predicted octanol–water partition coefficient (Wildman–Crippen LogP) is 2.75. The van der Waals surface area contributed by atoms with Crippen molar-refractivity contribution in [3.63, 3.8) is 0 Å². The minimum Gasteiger partial charge on any atom is -0.481 e. The van der Waals surface area contributed by atoms with Crippen molar-refractivity contribution in [3.8, 4) is 0 Å². The number of carboxylic acids is 1. The Morgan fingerprint density at radius 1 is 1.19 bits per heavy atom. The molecule has 0 heterocycles. The average molecular weight is 292 g/mol. The maximum atomic E-state index is 11.6. The van der Waals surface area contributed by atoms with Crippen molar-refractivity contribution in [3.05, 3.63) is 35.9 Å². The number of hydrogen-bond donors (Lipinski definition) is 3. The van der Waals surface area contributed by atoms with Gasteiger partial charge in [-0.2, -0.15) is 0 Å². The van der Waals surface area contributed by atoms with Crippen LogP contribution in [0.25, 0.3) is 0 Å². The molecule has 116 valence electrons. The van der Waals surface area contributed by atoms with Gasteiger partial charge < -0.3 is 15.3 Å². The van der Waals surface area contributed by atoms with Crippen LogP contribution in [0.2, 0.25) is 0 Å². The topological polar surface area (TPSA) is 77.8 Å². The number of rotatable bonds is 4. The van der Waals surface area contributed by atoms with E-state index in [1.54, 1.807) is 20.8 Å². The zero-order valence-electron chi connectivity index (χ0n) is 12.8. The molecule has 1 aliphatic rings. The highest BCUT2D eigenvalue weighted by Gasteiger charge is 2.63. The molecule has 2 rings (SSSR count). The number of aliphatic hydroxyl groups excluding tert-OH is 1. The van der Waals surface area contributed by atoms with Gasteiger partial charge in [0.1, 0.15) is 0 Å². The highest BCUT2D eigenvalue weighted by molar-refractivity contribution is 5.76. The van der Waals surface area contributed by atoms with Crippen LogP contribution in [0, 0.1) is 10.8 Å². The molecule has 0 radical (unpaired) electrons. The maximum absolute atomic E-state index is 11.6. The minimum atomic E-state index is -1.20. The van der Waals surface area contributed by atoms with Gasteiger partial charge in [-0.05, 0) is 25.3 Å².